The standard InChI is InChI=1S/C20H16F3N3O/c1-13-2-6-16(7-3-13)25-18-10-14(11-24-12-18)19(27)26-17-8-4-15(5-9-17)20(21,22)23/h2-12,25H,1H3,(H,26,27). The number of alkyl halides is 3. The lowest BCUT2D eigenvalue weighted by molar-refractivity contribution is -0.137. The van der Waals surface area contributed by atoms with Crippen LogP contribution in [-0.4, -0.2) is 10.9 Å². The van der Waals surface area contributed by atoms with Crippen LogP contribution in [0.5, 0.6) is 0 Å². The number of amides is 1. The Morgan fingerprint density at radius 3 is 2.15 bits per heavy atom. The van der Waals surface area contributed by atoms with E-state index in [9.17, 15) is 18.0 Å². The summed E-state index contributed by atoms with van der Waals surface area (Å²) in [6.07, 6.45) is -1.45. The molecule has 0 radical (unpaired) electrons. The smallest absolute Gasteiger partial charge is 0.354 e. The Labute approximate surface area is 154 Å². The molecule has 0 bridgehead atoms. The first kappa shape index (κ1) is 18.4. The maximum atomic E-state index is 12.6. The Balaban J connectivity index is 1.70. The van der Waals surface area contributed by atoms with Crippen molar-refractivity contribution in [1.82, 2.24) is 4.98 Å². The zero-order chi connectivity index (χ0) is 19.4. The van der Waals surface area contributed by atoms with E-state index in [-0.39, 0.29) is 11.3 Å². The van der Waals surface area contributed by atoms with E-state index in [1.807, 2.05) is 31.2 Å². The van der Waals surface area contributed by atoms with Gasteiger partial charge in [0.05, 0.1) is 23.0 Å². The number of hydrogen-bond acceptors (Lipinski definition) is 3. The summed E-state index contributed by atoms with van der Waals surface area (Å²) in [6.45, 7) is 1.98. The highest BCUT2D eigenvalue weighted by Crippen LogP contribution is 2.30. The van der Waals surface area contributed by atoms with E-state index >= 15 is 0 Å². The van der Waals surface area contributed by atoms with Gasteiger partial charge >= 0.3 is 6.18 Å². The van der Waals surface area contributed by atoms with Crippen molar-refractivity contribution in [3.63, 3.8) is 0 Å². The molecule has 138 valence electrons. The molecule has 27 heavy (non-hydrogen) atoms. The van der Waals surface area contributed by atoms with Crippen molar-refractivity contribution >= 4 is 23.0 Å². The van der Waals surface area contributed by atoms with E-state index in [0.717, 1.165) is 23.4 Å². The molecule has 0 saturated carbocycles. The van der Waals surface area contributed by atoms with Crippen molar-refractivity contribution in [2.45, 2.75) is 13.1 Å². The Hall–Kier alpha value is -3.35. The van der Waals surface area contributed by atoms with Crippen LogP contribution in [0.4, 0.5) is 30.2 Å². The quantitative estimate of drug-likeness (QED) is 0.645. The van der Waals surface area contributed by atoms with Crippen molar-refractivity contribution in [2.75, 3.05) is 10.6 Å². The molecule has 2 N–H and O–H groups in total. The summed E-state index contributed by atoms with van der Waals surface area (Å²) in [4.78, 5) is 16.4. The number of carbonyl (C=O) groups is 1. The van der Waals surface area contributed by atoms with Gasteiger partial charge in [-0.25, -0.2) is 0 Å². The van der Waals surface area contributed by atoms with Crippen molar-refractivity contribution < 1.29 is 18.0 Å². The molecule has 3 rings (SSSR count). The molecule has 0 spiro atoms. The van der Waals surface area contributed by atoms with Gasteiger partial charge < -0.3 is 10.6 Å². The third-order valence-corrected chi connectivity index (χ3v) is 3.81. The van der Waals surface area contributed by atoms with Crippen molar-refractivity contribution in [3.05, 3.63) is 83.7 Å². The minimum atomic E-state index is -4.41. The molecule has 3 aromatic rings. The third kappa shape index (κ3) is 4.84. The van der Waals surface area contributed by atoms with Crippen LogP contribution in [0.3, 0.4) is 0 Å². The number of carbonyl (C=O) groups excluding carboxylic acids is 1. The zero-order valence-corrected chi connectivity index (χ0v) is 14.3. The van der Waals surface area contributed by atoms with Crippen LogP contribution in [0.2, 0.25) is 0 Å². The van der Waals surface area contributed by atoms with Gasteiger partial charge in [0.2, 0.25) is 0 Å². The number of anilines is 3. The SMILES string of the molecule is Cc1ccc(Nc2cncc(C(=O)Nc3ccc(C(F)(F)F)cc3)c2)cc1. The van der Waals surface area contributed by atoms with E-state index in [2.05, 4.69) is 15.6 Å². The van der Waals surface area contributed by atoms with Gasteiger partial charge in [0, 0.05) is 17.6 Å². The lowest BCUT2D eigenvalue weighted by Gasteiger charge is -2.10. The molecule has 1 heterocycles. The summed E-state index contributed by atoms with van der Waals surface area (Å²) in [7, 11) is 0. The molecule has 4 nitrogen and oxygen atoms in total. The summed E-state index contributed by atoms with van der Waals surface area (Å²) in [5, 5.41) is 5.71. The fourth-order valence-electron chi connectivity index (χ4n) is 2.38. The molecule has 7 heteroatoms. The van der Waals surface area contributed by atoms with Crippen LogP contribution < -0.4 is 10.6 Å². The lowest BCUT2D eigenvalue weighted by Crippen LogP contribution is -2.13. The molecule has 0 saturated heterocycles. The molecule has 0 fully saturated rings. The second kappa shape index (κ2) is 7.49. The van der Waals surface area contributed by atoms with E-state index in [1.54, 1.807) is 12.3 Å². The summed E-state index contributed by atoms with van der Waals surface area (Å²) >= 11 is 0. The fourth-order valence-corrected chi connectivity index (χ4v) is 2.38. The van der Waals surface area contributed by atoms with Crippen LogP contribution in [0, 0.1) is 6.92 Å². The average Bonchev–Trinajstić information content (AvgIpc) is 2.63. The van der Waals surface area contributed by atoms with Crippen LogP contribution in [0.15, 0.2) is 67.0 Å². The summed E-state index contributed by atoms with van der Waals surface area (Å²) in [5.74, 6) is -0.463. The molecular formula is C20H16F3N3O. The molecule has 0 aliphatic carbocycles. The van der Waals surface area contributed by atoms with Crippen LogP contribution in [-0.2, 0) is 6.18 Å². The monoisotopic (exact) mass is 371 g/mol. The number of nitrogens with one attached hydrogen (secondary N) is 2. The number of aromatic nitrogens is 1. The predicted octanol–water partition coefficient (Wildman–Crippen LogP) is 5.40. The molecule has 1 aromatic heterocycles. The maximum absolute atomic E-state index is 12.6. The number of rotatable bonds is 4. The predicted molar refractivity (Wildman–Crippen MR) is 98.1 cm³/mol. The van der Waals surface area contributed by atoms with Crippen molar-refractivity contribution in [2.24, 2.45) is 0 Å². The molecule has 0 unspecified atom stereocenters. The first-order chi connectivity index (χ1) is 12.8. The second-order valence-corrected chi connectivity index (χ2v) is 5.98. The molecular weight excluding hydrogens is 355 g/mol. The first-order valence-corrected chi connectivity index (χ1v) is 8.08. The normalized spacial score (nSPS) is 11.1. The Bertz CT molecular complexity index is 936. The second-order valence-electron chi connectivity index (χ2n) is 5.98. The summed E-state index contributed by atoms with van der Waals surface area (Å²) in [5.41, 5.74) is 2.38. The molecule has 0 aliphatic heterocycles. The number of hydrogen-bond donors (Lipinski definition) is 2. The van der Waals surface area contributed by atoms with Gasteiger partial charge in [-0.2, -0.15) is 13.2 Å². The number of pyridine rings is 1. The largest absolute Gasteiger partial charge is 0.416 e. The lowest BCUT2D eigenvalue weighted by atomic mass is 10.2. The fraction of sp³-hybridized carbons (Fsp3) is 0.100. The van der Waals surface area contributed by atoms with Gasteiger partial charge in [-0.1, -0.05) is 17.7 Å². The topological polar surface area (TPSA) is 54.0 Å². The van der Waals surface area contributed by atoms with Gasteiger partial charge in [-0.3, -0.25) is 9.78 Å². The highest BCUT2D eigenvalue weighted by molar-refractivity contribution is 6.04. The van der Waals surface area contributed by atoms with Crippen LogP contribution >= 0.6 is 0 Å². The van der Waals surface area contributed by atoms with E-state index in [4.69, 9.17) is 0 Å². The Morgan fingerprint density at radius 2 is 1.52 bits per heavy atom. The summed E-state index contributed by atoms with van der Waals surface area (Å²) < 4.78 is 37.8. The number of halogens is 3. The zero-order valence-electron chi connectivity index (χ0n) is 14.3. The van der Waals surface area contributed by atoms with Gasteiger partial charge in [0.15, 0.2) is 0 Å². The van der Waals surface area contributed by atoms with Gasteiger partial charge in [0.1, 0.15) is 0 Å². The molecule has 1 amide bonds. The average molecular weight is 371 g/mol. The number of aryl methyl sites for hydroxylation is 1. The van der Waals surface area contributed by atoms with E-state index in [1.165, 1.54) is 18.3 Å². The maximum Gasteiger partial charge on any atom is 0.416 e. The first-order valence-electron chi connectivity index (χ1n) is 8.08. The van der Waals surface area contributed by atoms with E-state index in [0.29, 0.717) is 5.69 Å². The van der Waals surface area contributed by atoms with Gasteiger partial charge in [-0.15, -0.1) is 0 Å². The van der Waals surface area contributed by atoms with Gasteiger partial charge in [-0.05, 0) is 49.4 Å². The number of benzene rings is 2. The van der Waals surface area contributed by atoms with Gasteiger partial charge in [0.25, 0.3) is 5.91 Å². The van der Waals surface area contributed by atoms with Crippen molar-refractivity contribution in [3.8, 4) is 0 Å². The highest BCUT2D eigenvalue weighted by atomic mass is 19.4. The molecule has 0 aliphatic rings. The highest BCUT2D eigenvalue weighted by Gasteiger charge is 2.30. The minimum absolute atomic E-state index is 0.268. The van der Waals surface area contributed by atoms with Crippen LogP contribution in [0.25, 0.3) is 0 Å². The Morgan fingerprint density at radius 1 is 0.889 bits per heavy atom. The molecule has 0 atom stereocenters. The minimum Gasteiger partial charge on any atom is -0.354 e. The Kier molecular flexibility index (Phi) is 5.12. The van der Waals surface area contributed by atoms with E-state index < -0.39 is 17.6 Å². The molecule has 2 aromatic carbocycles. The van der Waals surface area contributed by atoms with Crippen LogP contribution in [0.1, 0.15) is 21.5 Å². The third-order valence-electron chi connectivity index (χ3n) is 3.81. The van der Waals surface area contributed by atoms with Crippen molar-refractivity contribution in [1.29, 1.82) is 0 Å². The summed E-state index contributed by atoms with van der Waals surface area (Å²) in [6, 6.07) is 13.6. The number of nitrogens with zero attached hydrogens (tertiary/aromatic N) is 1.